The van der Waals surface area contributed by atoms with Crippen LogP contribution in [0.25, 0.3) is 11.0 Å². The summed E-state index contributed by atoms with van der Waals surface area (Å²) in [5.74, 6) is -0.0417. The lowest BCUT2D eigenvalue weighted by Gasteiger charge is -2.06. The number of pyridine rings is 1. The molecule has 0 fully saturated rings. The van der Waals surface area contributed by atoms with E-state index in [2.05, 4.69) is 15.4 Å². The first-order valence-electron chi connectivity index (χ1n) is 6.32. The third-order valence-electron chi connectivity index (χ3n) is 2.97. The minimum atomic E-state index is -0.0417. The molecular formula is C13H19N5O. The maximum absolute atomic E-state index is 11.7. The molecule has 0 saturated heterocycles. The van der Waals surface area contributed by atoms with E-state index in [0.29, 0.717) is 18.5 Å². The van der Waals surface area contributed by atoms with Gasteiger partial charge in [-0.2, -0.15) is 5.10 Å². The van der Waals surface area contributed by atoms with Gasteiger partial charge in [0.05, 0.1) is 17.6 Å². The Morgan fingerprint density at radius 1 is 1.58 bits per heavy atom. The van der Waals surface area contributed by atoms with Crippen LogP contribution >= 0.6 is 0 Å². The highest BCUT2D eigenvalue weighted by Crippen LogP contribution is 2.19. The minimum absolute atomic E-state index is 0.0342. The Labute approximate surface area is 112 Å². The van der Waals surface area contributed by atoms with Crippen LogP contribution < -0.4 is 11.1 Å². The number of hydrogen-bond acceptors (Lipinski definition) is 4. The second-order valence-corrected chi connectivity index (χ2v) is 4.87. The highest BCUT2D eigenvalue weighted by atomic mass is 16.1. The summed E-state index contributed by atoms with van der Waals surface area (Å²) in [6.45, 7) is 3.81. The maximum Gasteiger partial charge on any atom is 0.224 e. The number of nitrogens with two attached hydrogens (primary N) is 1. The average Bonchev–Trinajstić information content (AvgIpc) is 2.62. The summed E-state index contributed by atoms with van der Waals surface area (Å²) in [6.07, 6.45) is 2.74. The molecule has 0 radical (unpaired) electrons. The van der Waals surface area contributed by atoms with Gasteiger partial charge in [-0.05, 0) is 26.3 Å². The summed E-state index contributed by atoms with van der Waals surface area (Å²) >= 11 is 0. The summed E-state index contributed by atoms with van der Waals surface area (Å²) in [6, 6.07) is 1.93. The van der Waals surface area contributed by atoms with Crippen molar-refractivity contribution in [2.45, 2.75) is 32.7 Å². The van der Waals surface area contributed by atoms with Crippen LogP contribution in [0.15, 0.2) is 12.3 Å². The van der Waals surface area contributed by atoms with Crippen molar-refractivity contribution in [3.8, 4) is 0 Å². The van der Waals surface area contributed by atoms with Crippen LogP contribution in [-0.2, 0) is 11.8 Å². The molecule has 2 heterocycles. The molecule has 0 aliphatic carbocycles. The van der Waals surface area contributed by atoms with E-state index in [4.69, 9.17) is 5.73 Å². The first-order chi connectivity index (χ1) is 8.97. The van der Waals surface area contributed by atoms with Crippen molar-refractivity contribution < 1.29 is 4.79 Å². The Bertz CT molecular complexity index is 602. The molecule has 6 nitrogen and oxygen atoms in total. The molecule has 0 spiro atoms. The number of hydrogen-bond donors (Lipinski definition) is 2. The van der Waals surface area contributed by atoms with Crippen molar-refractivity contribution >= 4 is 22.6 Å². The topological polar surface area (TPSA) is 85.8 Å². The van der Waals surface area contributed by atoms with E-state index in [-0.39, 0.29) is 11.9 Å². The number of nitrogens with zero attached hydrogens (tertiary/aromatic N) is 3. The van der Waals surface area contributed by atoms with Gasteiger partial charge in [-0.1, -0.05) is 0 Å². The fourth-order valence-corrected chi connectivity index (χ4v) is 1.96. The van der Waals surface area contributed by atoms with Gasteiger partial charge in [-0.15, -0.1) is 0 Å². The molecule has 0 saturated carbocycles. The lowest BCUT2D eigenvalue weighted by molar-refractivity contribution is -0.116. The molecule has 0 aliphatic rings. The van der Waals surface area contributed by atoms with Gasteiger partial charge in [0.25, 0.3) is 0 Å². The Morgan fingerprint density at radius 3 is 3.00 bits per heavy atom. The summed E-state index contributed by atoms with van der Waals surface area (Å²) in [5, 5.41) is 8.08. The van der Waals surface area contributed by atoms with Crippen LogP contribution in [0.2, 0.25) is 0 Å². The fourth-order valence-electron chi connectivity index (χ4n) is 1.96. The van der Waals surface area contributed by atoms with E-state index in [0.717, 1.165) is 16.7 Å². The van der Waals surface area contributed by atoms with Crippen LogP contribution in [-0.4, -0.2) is 26.7 Å². The molecule has 0 aromatic carbocycles. The first kappa shape index (κ1) is 13.5. The highest BCUT2D eigenvalue weighted by Gasteiger charge is 2.09. The molecule has 2 aromatic heterocycles. The summed E-state index contributed by atoms with van der Waals surface area (Å²) < 4.78 is 1.73. The number of carbonyl (C=O) groups is 1. The number of nitrogens with one attached hydrogen (secondary N) is 1. The van der Waals surface area contributed by atoms with Gasteiger partial charge in [0, 0.05) is 24.9 Å². The van der Waals surface area contributed by atoms with Crippen molar-refractivity contribution in [3.05, 3.63) is 18.0 Å². The molecule has 102 valence electrons. The zero-order valence-corrected chi connectivity index (χ0v) is 11.5. The van der Waals surface area contributed by atoms with E-state index < -0.39 is 0 Å². The third-order valence-corrected chi connectivity index (χ3v) is 2.97. The van der Waals surface area contributed by atoms with E-state index in [1.165, 1.54) is 0 Å². The summed E-state index contributed by atoms with van der Waals surface area (Å²) in [7, 11) is 1.85. The Hall–Kier alpha value is -1.95. The quantitative estimate of drug-likeness (QED) is 0.869. The number of aryl methyl sites for hydroxylation is 2. The number of fused-ring (bicyclic) bond motifs is 1. The van der Waals surface area contributed by atoms with Crippen LogP contribution in [0.1, 0.15) is 25.5 Å². The lowest BCUT2D eigenvalue weighted by atomic mass is 10.2. The second-order valence-electron chi connectivity index (χ2n) is 4.87. The van der Waals surface area contributed by atoms with Gasteiger partial charge in [0.15, 0.2) is 5.65 Å². The standard InChI is InChI=1S/C13H19N5O/c1-8(14)4-5-12(19)16-10-6-11-9(2)17-18(3)13(11)15-7-10/h6-8H,4-5,14H2,1-3H3,(H,16,19). The van der Waals surface area contributed by atoms with Crippen LogP contribution in [0.5, 0.6) is 0 Å². The van der Waals surface area contributed by atoms with Gasteiger partial charge in [0.1, 0.15) is 0 Å². The van der Waals surface area contributed by atoms with Gasteiger partial charge in [-0.25, -0.2) is 4.98 Å². The van der Waals surface area contributed by atoms with Crippen molar-refractivity contribution in [1.29, 1.82) is 0 Å². The highest BCUT2D eigenvalue weighted by molar-refractivity contribution is 5.93. The largest absolute Gasteiger partial charge is 0.328 e. The molecule has 1 atom stereocenters. The summed E-state index contributed by atoms with van der Waals surface area (Å²) in [4.78, 5) is 16.0. The molecule has 1 unspecified atom stereocenters. The summed E-state index contributed by atoms with van der Waals surface area (Å²) in [5.41, 5.74) is 8.03. The molecule has 2 aromatic rings. The van der Waals surface area contributed by atoms with E-state index in [1.807, 2.05) is 27.0 Å². The SMILES string of the molecule is Cc1nn(C)c2ncc(NC(=O)CCC(C)N)cc12. The molecule has 3 N–H and O–H groups in total. The van der Waals surface area contributed by atoms with Gasteiger partial charge in [0.2, 0.25) is 5.91 Å². The molecule has 19 heavy (non-hydrogen) atoms. The number of anilines is 1. The number of aromatic nitrogens is 3. The second kappa shape index (κ2) is 5.36. The molecule has 1 amide bonds. The van der Waals surface area contributed by atoms with Gasteiger partial charge in [-0.3, -0.25) is 9.48 Å². The van der Waals surface area contributed by atoms with Crippen molar-refractivity contribution in [2.75, 3.05) is 5.32 Å². The zero-order chi connectivity index (χ0) is 14.0. The van der Waals surface area contributed by atoms with Gasteiger partial charge < -0.3 is 11.1 Å². The minimum Gasteiger partial charge on any atom is -0.328 e. The first-order valence-corrected chi connectivity index (χ1v) is 6.32. The molecule has 6 heteroatoms. The monoisotopic (exact) mass is 261 g/mol. The molecule has 0 aliphatic heterocycles. The normalized spacial score (nSPS) is 12.6. The maximum atomic E-state index is 11.7. The Kier molecular flexibility index (Phi) is 3.80. The fraction of sp³-hybridized carbons (Fsp3) is 0.462. The van der Waals surface area contributed by atoms with Gasteiger partial charge >= 0.3 is 0 Å². The van der Waals surface area contributed by atoms with Crippen LogP contribution in [0.3, 0.4) is 0 Å². The van der Waals surface area contributed by atoms with Crippen LogP contribution in [0.4, 0.5) is 5.69 Å². The van der Waals surface area contributed by atoms with Crippen molar-refractivity contribution in [1.82, 2.24) is 14.8 Å². The number of rotatable bonds is 4. The predicted molar refractivity (Wildman–Crippen MR) is 74.8 cm³/mol. The number of amides is 1. The van der Waals surface area contributed by atoms with Crippen LogP contribution in [0, 0.1) is 6.92 Å². The predicted octanol–water partition coefficient (Wildman–Crippen LogP) is 1.34. The third kappa shape index (κ3) is 3.08. The Morgan fingerprint density at radius 2 is 2.32 bits per heavy atom. The van der Waals surface area contributed by atoms with Crippen molar-refractivity contribution in [2.24, 2.45) is 12.8 Å². The van der Waals surface area contributed by atoms with Crippen molar-refractivity contribution in [3.63, 3.8) is 0 Å². The molecule has 2 rings (SSSR count). The zero-order valence-electron chi connectivity index (χ0n) is 11.5. The lowest BCUT2D eigenvalue weighted by Crippen LogP contribution is -2.19. The number of carbonyl (C=O) groups excluding carboxylic acids is 1. The smallest absolute Gasteiger partial charge is 0.224 e. The van der Waals surface area contributed by atoms with E-state index >= 15 is 0 Å². The molecular weight excluding hydrogens is 242 g/mol. The average molecular weight is 261 g/mol. The van der Waals surface area contributed by atoms with E-state index in [9.17, 15) is 4.79 Å². The van der Waals surface area contributed by atoms with E-state index in [1.54, 1.807) is 10.9 Å². The molecule has 0 bridgehead atoms. The Balaban J connectivity index is 2.13.